The normalized spacial score (nSPS) is 12.6. The van der Waals surface area contributed by atoms with Crippen LogP contribution in [0.4, 0.5) is 5.82 Å². The molecular formula is C9H11Br2ClN2. The lowest BCUT2D eigenvalue weighted by Crippen LogP contribution is -2.16. The van der Waals surface area contributed by atoms with Crippen molar-refractivity contribution in [1.29, 1.82) is 0 Å². The first-order valence-corrected chi connectivity index (χ1v) is 6.39. The Labute approximate surface area is 106 Å². The largest absolute Gasteiger partial charge is 0.367 e. The Kier molecular flexibility index (Phi) is 5.20. The summed E-state index contributed by atoms with van der Waals surface area (Å²) in [4.78, 5) is 4.25. The highest BCUT2D eigenvalue weighted by molar-refractivity contribution is 9.11. The molecule has 1 heterocycles. The van der Waals surface area contributed by atoms with Crippen LogP contribution in [0, 0.1) is 0 Å². The average Bonchev–Trinajstić information content (AvgIpc) is 2.10. The van der Waals surface area contributed by atoms with E-state index in [2.05, 4.69) is 49.1 Å². The van der Waals surface area contributed by atoms with Crippen LogP contribution in [0.5, 0.6) is 0 Å². The van der Waals surface area contributed by atoms with Gasteiger partial charge in [-0.05, 0) is 51.3 Å². The maximum atomic E-state index is 5.65. The number of rotatable bonds is 4. The fourth-order valence-corrected chi connectivity index (χ4v) is 2.42. The van der Waals surface area contributed by atoms with E-state index in [-0.39, 0.29) is 0 Å². The van der Waals surface area contributed by atoms with E-state index >= 15 is 0 Å². The molecule has 5 heteroatoms. The summed E-state index contributed by atoms with van der Waals surface area (Å²) in [6.45, 7) is 2.08. The van der Waals surface area contributed by atoms with Gasteiger partial charge in [0.2, 0.25) is 0 Å². The van der Waals surface area contributed by atoms with Gasteiger partial charge in [0.25, 0.3) is 0 Å². The summed E-state index contributed by atoms with van der Waals surface area (Å²) in [7, 11) is 0. The molecule has 1 unspecified atom stereocenters. The molecule has 1 rings (SSSR count). The van der Waals surface area contributed by atoms with E-state index in [9.17, 15) is 0 Å². The Morgan fingerprint density at radius 2 is 2.29 bits per heavy atom. The van der Waals surface area contributed by atoms with Gasteiger partial charge >= 0.3 is 0 Å². The molecule has 78 valence electrons. The second kappa shape index (κ2) is 5.93. The third-order valence-electron chi connectivity index (χ3n) is 1.73. The van der Waals surface area contributed by atoms with Crippen molar-refractivity contribution in [2.24, 2.45) is 0 Å². The van der Waals surface area contributed by atoms with Crippen molar-refractivity contribution in [2.75, 3.05) is 11.2 Å². The number of pyridine rings is 1. The zero-order valence-electron chi connectivity index (χ0n) is 7.73. The molecule has 1 aromatic heterocycles. The number of halogens is 3. The number of nitrogens with zero attached hydrogens (tertiary/aromatic N) is 1. The predicted molar refractivity (Wildman–Crippen MR) is 68.1 cm³/mol. The third-order valence-corrected chi connectivity index (χ3v) is 2.99. The highest BCUT2D eigenvalue weighted by atomic mass is 79.9. The lowest BCUT2D eigenvalue weighted by atomic mass is 10.2. The van der Waals surface area contributed by atoms with Crippen LogP contribution in [0.15, 0.2) is 21.2 Å². The minimum atomic E-state index is 0.331. The summed E-state index contributed by atoms with van der Waals surface area (Å²) in [6.07, 6.45) is 2.69. The predicted octanol–water partition coefficient (Wildman–Crippen LogP) is 4.04. The molecule has 0 aliphatic rings. The first kappa shape index (κ1) is 12.3. The summed E-state index contributed by atoms with van der Waals surface area (Å²) in [5.41, 5.74) is 0. The van der Waals surface area contributed by atoms with Gasteiger partial charge in [-0.3, -0.25) is 0 Å². The van der Waals surface area contributed by atoms with Crippen LogP contribution in [0.3, 0.4) is 0 Å². The third kappa shape index (κ3) is 3.75. The zero-order valence-corrected chi connectivity index (χ0v) is 11.7. The van der Waals surface area contributed by atoms with E-state index in [0.29, 0.717) is 11.9 Å². The molecule has 1 atom stereocenters. The van der Waals surface area contributed by atoms with Gasteiger partial charge < -0.3 is 5.32 Å². The van der Waals surface area contributed by atoms with Crippen LogP contribution in [-0.4, -0.2) is 16.9 Å². The molecule has 1 N–H and O–H groups in total. The standard InChI is InChI=1S/C9H11Br2ClN2/c1-6(2-3-12)14-9-8(11)4-7(10)5-13-9/h4-6H,2-3H2,1H3,(H,13,14). The van der Waals surface area contributed by atoms with E-state index in [1.807, 2.05) is 6.07 Å². The molecule has 0 saturated carbocycles. The molecule has 14 heavy (non-hydrogen) atoms. The van der Waals surface area contributed by atoms with Gasteiger partial charge in [-0.25, -0.2) is 4.98 Å². The van der Waals surface area contributed by atoms with E-state index in [1.165, 1.54) is 0 Å². The Bertz CT molecular complexity index is 307. The molecule has 0 amide bonds. The van der Waals surface area contributed by atoms with Gasteiger partial charge in [0.05, 0.1) is 4.47 Å². The number of alkyl halides is 1. The lowest BCUT2D eigenvalue weighted by molar-refractivity contribution is 0.763. The maximum absolute atomic E-state index is 5.65. The molecule has 1 aromatic rings. The van der Waals surface area contributed by atoms with Crippen molar-refractivity contribution in [3.05, 3.63) is 21.2 Å². The molecule has 2 nitrogen and oxygen atoms in total. The van der Waals surface area contributed by atoms with Crippen molar-refractivity contribution >= 4 is 49.3 Å². The number of aromatic nitrogens is 1. The number of anilines is 1. The molecule has 0 fully saturated rings. The van der Waals surface area contributed by atoms with Gasteiger partial charge in [0.15, 0.2) is 0 Å². The molecular weight excluding hydrogens is 331 g/mol. The van der Waals surface area contributed by atoms with Gasteiger partial charge in [0.1, 0.15) is 5.82 Å². The Morgan fingerprint density at radius 1 is 1.57 bits per heavy atom. The van der Waals surface area contributed by atoms with Gasteiger partial charge in [-0.15, -0.1) is 11.6 Å². The van der Waals surface area contributed by atoms with Crippen LogP contribution in [0.25, 0.3) is 0 Å². The molecule has 0 saturated heterocycles. The second-order valence-electron chi connectivity index (χ2n) is 3.01. The van der Waals surface area contributed by atoms with Crippen molar-refractivity contribution in [3.63, 3.8) is 0 Å². The molecule has 0 aromatic carbocycles. The SMILES string of the molecule is CC(CCCl)Nc1ncc(Br)cc1Br. The Morgan fingerprint density at radius 3 is 2.86 bits per heavy atom. The molecule has 0 radical (unpaired) electrons. The van der Waals surface area contributed by atoms with Crippen molar-refractivity contribution < 1.29 is 0 Å². The van der Waals surface area contributed by atoms with Crippen LogP contribution < -0.4 is 5.32 Å². The van der Waals surface area contributed by atoms with Crippen molar-refractivity contribution in [3.8, 4) is 0 Å². The summed E-state index contributed by atoms with van der Waals surface area (Å²) < 4.78 is 1.91. The topological polar surface area (TPSA) is 24.9 Å². The molecule has 0 spiro atoms. The minimum absolute atomic E-state index is 0.331. The van der Waals surface area contributed by atoms with E-state index < -0.39 is 0 Å². The average molecular weight is 342 g/mol. The van der Waals surface area contributed by atoms with Crippen LogP contribution in [0.1, 0.15) is 13.3 Å². The summed E-state index contributed by atoms with van der Waals surface area (Å²) in [5.74, 6) is 1.51. The summed E-state index contributed by atoms with van der Waals surface area (Å²) in [6, 6.07) is 2.29. The van der Waals surface area contributed by atoms with Crippen molar-refractivity contribution in [2.45, 2.75) is 19.4 Å². The van der Waals surface area contributed by atoms with Gasteiger partial charge in [0, 0.05) is 22.6 Å². The minimum Gasteiger partial charge on any atom is -0.367 e. The highest BCUT2D eigenvalue weighted by Gasteiger charge is 2.05. The van der Waals surface area contributed by atoms with Crippen LogP contribution in [-0.2, 0) is 0 Å². The van der Waals surface area contributed by atoms with Crippen LogP contribution >= 0.6 is 43.5 Å². The number of hydrogen-bond acceptors (Lipinski definition) is 2. The quantitative estimate of drug-likeness (QED) is 0.836. The van der Waals surface area contributed by atoms with Gasteiger partial charge in [-0.1, -0.05) is 0 Å². The van der Waals surface area contributed by atoms with E-state index in [4.69, 9.17) is 11.6 Å². The lowest BCUT2D eigenvalue weighted by Gasteiger charge is -2.14. The fourth-order valence-electron chi connectivity index (χ4n) is 0.990. The molecule has 0 aliphatic carbocycles. The summed E-state index contributed by atoms with van der Waals surface area (Å²) >= 11 is 12.4. The highest BCUT2D eigenvalue weighted by Crippen LogP contribution is 2.24. The molecule has 0 bridgehead atoms. The van der Waals surface area contributed by atoms with E-state index in [0.717, 1.165) is 21.2 Å². The van der Waals surface area contributed by atoms with Crippen LogP contribution in [0.2, 0.25) is 0 Å². The smallest absolute Gasteiger partial charge is 0.140 e. The Balaban J connectivity index is 2.67. The first-order valence-electron chi connectivity index (χ1n) is 4.27. The van der Waals surface area contributed by atoms with E-state index in [1.54, 1.807) is 6.20 Å². The Hall–Kier alpha value is 0.200. The zero-order chi connectivity index (χ0) is 10.6. The fraction of sp³-hybridized carbons (Fsp3) is 0.444. The maximum Gasteiger partial charge on any atom is 0.140 e. The summed E-state index contributed by atoms with van der Waals surface area (Å²) in [5, 5.41) is 3.28. The van der Waals surface area contributed by atoms with Gasteiger partial charge in [-0.2, -0.15) is 0 Å². The molecule has 0 aliphatic heterocycles. The number of hydrogen-bond donors (Lipinski definition) is 1. The second-order valence-corrected chi connectivity index (χ2v) is 5.15. The van der Waals surface area contributed by atoms with Crippen molar-refractivity contribution in [1.82, 2.24) is 4.98 Å². The first-order chi connectivity index (χ1) is 6.63. The number of nitrogens with one attached hydrogen (secondary N) is 1. The monoisotopic (exact) mass is 340 g/mol.